The molecule has 0 spiro atoms. The minimum Gasteiger partial charge on any atom is -0.371 e. The molecule has 1 atom stereocenters. The van der Waals surface area contributed by atoms with E-state index < -0.39 is 23.6 Å². The molecule has 0 aliphatic carbocycles. The fraction of sp³-hybridized carbons (Fsp3) is 1.00. The van der Waals surface area contributed by atoms with Crippen molar-refractivity contribution in [3.8, 4) is 0 Å². The summed E-state index contributed by atoms with van der Waals surface area (Å²) >= 11 is -2.61. The molecule has 0 aliphatic heterocycles. The molecule has 10 heteroatoms. The summed E-state index contributed by atoms with van der Waals surface area (Å²) in [6.45, 7) is 0.414. The summed E-state index contributed by atoms with van der Waals surface area (Å²) < 4.78 is 22.8. The standard InChI is InChI=1S/C4H12N2O4.H2O3S/c5-1-2-6-3(7)4(8,9)10;1-4(2)3/h3,6-10H,1-2,5H2;(H2,1,2,3). The van der Waals surface area contributed by atoms with E-state index in [4.69, 9.17) is 39.5 Å². The molecule has 9 N–H and O–H groups in total. The van der Waals surface area contributed by atoms with Crippen molar-refractivity contribution in [3.63, 3.8) is 0 Å². The second-order valence-electron chi connectivity index (χ2n) is 2.06. The molecule has 88 valence electrons. The Morgan fingerprint density at radius 2 is 1.71 bits per heavy atom. The third kappa shape index (κ3) is 14.4. The van der Waals surface area contributed by atoms with Crippen LogP contribution in [-0.2, 0) is 11.4 Å². The van der Waals surface area contributed by atoms with Gasteiger partial charge in [0.15, 0.2) is 6.23 Å². The van der Waals surface area contributed by atoms with Crippen LogP contribution in [0.5, 0.6) is 0 Å². The monoisotopic (exact) mass is 234 g/mol. The van der Waals surface area contributed by atoms with E-state index >= 15 is 0 Å². The minimum atomic E-state index is -3.10. The number of rotatable bonds is 4. The molecule has 0 saturated heterocycles. The zero-order valence-electron chi connectivity index (χ0n) is 7.07. The Balaban J connectivity index is 0. The van der Waals surface area contributed by atoms with Crippen molar-refractivity contribution in [1.82, 2.24) is 5.32 Å². The van der Waals surface area contributed by atoms with E-state index in [0.717, 1.165) is 0 Å². The van der Waals surface area contributed by atoms with Crippen molar-refractivity contribution < 1.29 is 33.7 Å². The lowest BCUT2D eigenvalue weighted by Crippen LogP contribution is -2.51. The molecule has 1 unspecified atom stereocenters. The Hall–Kier alpha value is -0.170. The molecule has 0 saturated carbocycles. The van der Waals surface area contributed by atoms with E-state index in [0.29, 0.717) is 0 Å². The number of nitrogens with two attached hydrogens (primary N) is 1. The minimum absolute atomic E-state index is 0.185. The summed E-state index contributed by atoms with van der Waals surface area (Å²) in [7, 11) is 0. The second-order valence-corrected chi connectivity index (χ2v) is 2.52. The zero-order chi connectivity index (χ0) is 11.8. The maximum absolute atomic E-state index is 8.67. The van der Waals surface area contributed by atoms with E-state index in [-0.39, 0.29) is 13.1 Å². The lowest BCUT2D eigenvalue weighted by atomic mass is 10.4. The van der Waals surface area contributed by atoms with Crippen LogP contribution in [-0.4, -0.2) is 59.0 Å². The Kier molecular flexibility index (Phi) is 9.49. The Bertz CT molecular complexity index is 156. The van der Waals surface area contributed by atoms with Crippen molar-refractivity contribution in [3.05, 3.63) is 0 Å². The van der Waals surface area contributed by atoms with E-state index in [1.165, 1.54) is 0 Å². The van der Waals surface area contributed by atoms with Crippen LogP contribution in [0.3, 0.4) is 0 Å². The first kappa shape index (κ1) is 16.3. The van der Waals surface area contributed by atoms with Gasteiger partial charge < -0.3 is 26.2 Å². The maximum Gasteiger partial charge on any atom is 0.317 e. The molecule has 0 aromatic heterocycles. The van der Waals surface area contributed by atoms with Crippen LogP contribution in [0, 0.1) is 0 Å². The average Bonchev–Trinajstić information content (AvgIpc) is 1.97. The summed E-state index contributed by atoms with van der Waals surface area (Å²) in [5.41, 5.74) is 5.00. The first-order chi connectivity index (χ1) is 6.21. The predicted octanol–water partition coefficient (Wildman–Crippen LogP) is -3.84. The molecular weight excluding hydrogens is 220 g/mol. The van der Waals surface area contributed by atoms with E-state index in [1.54, 1.807) is 0 Å². The molecule has 9 nitrogen and oxygen atoms in total. The summed E-state index contributed by atoms with van der Waals surface area (Å²) in [6, 6.07) is 0. The van der Waals surface area contributed by atoms with Crippen LogP contribution in [0.1, 0.15) is 0 Å². The first-order valence-electron chi connectivity index (χ1n) is 3.30. The van der Waals surface area contributed by atoms with Crippen molar-refractivity contribution in [2.75, 3.05) is 13.1 Å². The van der Waals surface area contributed by atoms with Gasteiger partial charge in [0.2, 0.25) is 0 Å². The summed E-state index contributed by atoms with van der Waals surface area (Å²) in [4.78, 5) is 0. The van der Waals surface area contributed by atoms with Gasteiger partial charge in [0, 0.05) is 13.1 Å². The smallest absolute Gasteiger partial charge is 0.317 e. The number of aliphatic hydroxyl groups is 4. The van der Waals surface area contributed by atoms with Crippen LogP contribution in [0.15, 0.2) is 0 Å². The highest BCUT2D eigenvalue weighted by Crippen LogP contribution is 1.96. The van der Waals surface area contributed by atoms with Crippen LogP contribution in [0.4, 0.5) is 0 Å². The fourth-order valence-electron chi connectivity index (χ4n) is 0.357. The van der Waals surface area contributed by atoms with Gasteiger partial charge in [-0.05, 0) is 0 Å². The van der Waals surface area contributed by atoms with Crippen molar-refractivity contribution >= 4 is 11.4 Å². The predicted molar refractivity (Wildman–Crippen MR) is 45.9 cm³/mol. The van der Waals surface area contributed by atoms with Crippen LogP contribution >= 0.6 is 0 Å². The lowest BCUT2D eigenvalue weighted by molar-refractivity contribution is -0.359. The van der Waals surface area contributed by atoms with Gasteiger partial charge in [-0.15, -0.1) is 0 Å². The van der Waals surface area contributed by atoms with E-state index in [1.807, 2.05) is 0 Å². The van der Waals surface area contributed by atoms with Crippen LogP contribution in [0.2, 0.25) is 0 Å². The average molecular weight is 234 g/mol. The van der Waals surface area contributed by atoms with Crippen LogP contribution in [0.25, 0.3) is 0 Å². The molecule has 14 heavy (non-hydrogen) atoms. The third-order valence-corrected chi connectivity index (χ3v) is 0.849. The summed E-state index contributed by atoms with van der Waals surface area (Å²) in [5, 5.41) is 35.6. The number of hydrogen-bond acceptors (Lipinski definition) is 7. The lowest BCUT2D eigenvalue weighted by Gasteiger charge is -2.21. The summed E-state index contributed by atoms with van der Waals surface area (Å²) in [6.07, 6.45) is -1.80. The van der Waals surface area contributed by atoms with Gasteiger partial charge in [0.1, 0.15) is 0 Å². The highest BCUT2D eigenvalue weighted by molar-refractivity contribution is 7.73. The number of hydrogen-bond donors (Lipinski definition) is 8. The topological polar surface area (TPSA) is 176 Å². The molecule has 0 fully saturated rings. The molecule has 0 radical (unpaired) electrons. The van der Waals surface area contributed by atoms with E-state index in [2.05, 4.69) is 5.32 Å². The molecule has 0 aliphatic rings. The number of nitrogens with one attached hydrogen (secondary N) is 1. The van der Waals surface area contributed by atoms with E-state index in [9.17, 15) is 0 Å². The molecule has 0 aromatic rings. The van der Waals surface area contributed by atoms with Crippen molar-refractivity contribution in [2.24, 2.45) is 5.73 Å². The third-order valence-electron chi connectivity index (χ3n) is 0.849. The van der Waals surface area contributed by atoms with Gasteiger partial charge in [0.25, 0.3) is 11.4 Å². The Labute approximate surface area is 82.3 Å². The Morgan fingerprint density at radius 3 is 1.93 bits per heavy atom. The first-order valence-corrected chi connectivity index (χ1v) is 4.36. The van der Waals surface area contributed by atoms with Gasteiger partial charge in [-0.2, -0.15) is 4.21 Å². The van der Waals surface area contributed by atoms with Crippen molar-refractivity contribution in [1.29, 1.82) is 0 Å². The van der Waals surface area contributed by atoms with Crippen molar-refractivity contribution in [2.45, 2.75) is 12.2 Å². The largest absolute Gasteiger partial charge is 0.371 e. The molecule has 0 rings (SSSR count). The maximum atomic E-state index is 8.67. The van der Waals surface area contributed by atoms with Gasteiger partial charge in [-0.25, -0.2) is 0 Å². The molecule has 0 heterocycles. The SMILES string of the molecule is NCCNC(O)C(O)(O)O.O=S(O)O. The van der Waals surface area contributed by atoms with Gasteiger partial charge in [-0.1, -0.05) is 0 Å². The highest BCUT2D eigenvalue weighted by atomic mass is 32.2. The normalized spacial score (nSPS) is 13.4. The van der Waals surface area contributed by atoms with Gasteiger partial charge >= 0.3 is 5.97 Å². The quantitative estimate of drug-likeness (QED) is 0.179. The Morgan fingerprint density at radius 1 is 1.36 bits per heavy atom. The number of aliphatic hydroxyl groups excluding tert-OH is 1. The molecular formula is C4H14N2O7S. The van der Waals surface area contributed by atoms with Gasteiger partial charge in [0.05, 0.1) is 0 Å². The zero-order valence-corrected chi connectivity index (χ0v) is 7.89. The van der Waals surface area contributed by atoms with Gasteiger partial charge in [-0.3, -0.25) is 14.4 Å². The molecule has 0 amide bonds. The second kappa shape index (κ2) is 8.16. The molecule has 0 aromatic carbocycles. The molecule has 0 bridgehead atoms. The summed E-state index contributed by atoms with van der Waals surface area (Å²) in [5.74, 6) is -3.10. The highest BCUT2D eigenvalue weighted by Gasteiger charge is 2.29. The van der Waals surface area contributed by atoms with Crippen LogP contribution < -0.4 is 11.1 Å². The fourth-order valence-corrected chi connectivity index (χ4v) is 0.357.